The standard InChI is InChI=1S/C15H30N2O/c1-14(13-17-9-2-3-10-17)12-16-8-4-6-15-7-5-11-18-15/h14-16H,2-13H2,1H3. The number of rotatable bonds is 8. The molecule has 18 heavy (non-hydrogen) atoms. The largest absolute Gasteiger partial charge is 0.378 e. The van der Waals surface area contributed by atoms with Crippen molar-refractivity contribution in [1.82, 2.24) is 10.2 Å². The van der Waals surface area contributed by atoms with Crippen molar-refractivity contribution in [1.29, 1.82) is 0 Å². The van der Waals surface area contributed by atoms with Crippen molar-refractivity contribution in [2.45, 2.75) is 51.6 Å². The molecule has 0 bridgehead atoms. The van der Waals surface area contributed by atoms with Gasteiger partial charge in [-0.1, -0.05) is 6.92 Å². The number of nitrogens with zero attached hydrogens (tertiary/aromatic N) is 1. The molecule has 0 amide bonds. The molecule has 2 heterocycles. The number of hydrogen-bond donors (Lipinski definition) is 1. The van der Waals surface area contributed by atoms with Gasteiger partial charge in [-0.25, -0.2) is 0 Å². The van der Waals surface area contributed by atoms with Crippen LogP contribution in [0.4, 0.5) is 0 Å². The van der Waals surface area contributed by atoms with Crippen molar-refractivity contribution < 1.29 is 4.74 Å². The van der Waals surface area contributed by atoms with E-state index in [1.165, 1.54) is 64.7 Å². The molecular formula is C15H30N2O. The van der Waals surface area contributed by atoms with E-state index in [9.17, 15) is 0 Å². The van der Waals surface area contributed by atoms with E-state index in [0.717, 1.165) is 19.1 Å². The third-order valence-electron chi connectivity index (χ3n) is 4.16. The lowest BCUT2D eigenvalue weighted by Gasteiger charge is -2.20. The summed E-state index contributed by atoms with van der Waals surface area (Å²) in [5, 5.41) is 3.60. The molecule has 3 heteroatoms. The summed E-state index contributed by atoms with van der Waals surface area (Å²) in [6.45, 7) is 9.61. The Labute approximate surface area is 112 Å². The van der Waals surface area contributed by atoms with Crippen molar-refractivity contribution >= 4 is 0 Å². The van der Waals surface area contributed by atoms with E-state index in [0.29, 0.717) is 6.10 Å². The Morgan fingerprint density at radius 2 is 2.11 bits per heavy atom. The minimum Gasteiger partial charge on any atom is -0.378 e. The zero-order valence-electron chi connectivity index (χ0n) is 12.0. The molecular weight excluding hydrogens is 224 g/mol. The van der Waals surface area contributed by atoms with Crippen LogP contribution in [0.3, 0.4) is 0 Å². The Balaban J connectivity index is 1.42. The van der Waals surface area contributed by atoms with Crippen LogP contribution in [0.25, 0.3) is 0 Å². The van der Waals surface area contributed by atoms with Gasteiger partial charge < -0.3 is 15.0 Å². The van der Waals surface area contributed by atoms with E-state index in [1.54, 1.807) is 0 Å². The van der Waals surface area contributed by atoms with Crippen LogP contribution >= 0.6 is 0 Å². The molecule has 0 aromatic carbocycles. The summed E-state index contributed by atoms with van der Waals surface area (Å²) >= 11 is 0. The van der Waals surface area contributed by atoms with E-state index in [1.807, 2.05) is 0 Å². The van der Waals surface area contributed by atoms with Gasteiger partial charge in [0.15, 0.2) is 0 Å². The van der Waals surface area contributed by atoms with Gasteiger partial charge in [-0.15, -0.1) is 0 Å². The number of nitrogens with one attached hydrogen (secondary N) is 1. The smallest absolute Gasteiger partial charge is 0.0576 e. The van der Waals surface area contributed by atoms with Crippen LogP contribution in [0.2, 0.25) is 0 Å². The second-order valence-corrected chi connectivity index (χ2v) is 6.09. The zero-order valence-corrected chi connectivity index (χ0v) is 12.0. The zero-order chi connectivity index (χ0) is 12.6. The fourth-order valence-electron chi connectivity index (χ4n) is 3.15. The van der Waals surface area contributed by atoms with Crippen LogP contribution in [-0.2, 0) is 4.74 Å². The van der Waals surface area contributed by atoms with E-state index >= 15 is 0 Å². The number of ether oxygens (including phenoxy) is 1. The monoisotopic (exact) mass is 254 g/mol. The maximum absolute atomic E-state index is 5.63. The molecule has 2 aliphatic rings. The Bertz CT molecular complexity index is 211. The molecule has 0 aromatic rings. The fourth-order valence-corrected chi connectivity index (χ4v) is 3.15. The Kier molecular flexibility index (Phi) is 6.46. The van der Waals surface area contributed by atoms with Gasteiger partial charge in [0, 0.05) is 13.2 Å². The predicted octanol–water partition coefficient (Wildman–Crippen LogP) is 2.27. The molecule has 2 atom stereocenters. The van der Waals surface area contributed by atoms with Gasteiger partial charge in [0.1, 0.15) is 0 Å². The van der Waals surface area contributed by atoms with Gasteiger partial charge in [-0.2, -0.15) is 0 Å². The lowest BCUT2D eigenvalue weighted by molar-refractivity contribution is 0.102. The molecule has 0 aliphatic carbocycles. The van der Waals surface area contributed by atoms with Gasteiger partial charge in [0.25, 0.3) is 0 Å². The highest BCUT2D eigenvalue weighted by atomic mass is 16.5. The van der Waals surface area contributed by atoms with Crippen molar-refractivity contribution in [3.63, 3.8) is 0 Å². The molecule has 2 unspecified atom stereocenters. The minimum atomic E-state index is 0.564. The third-order valence-corrected chi connectivity index (χ3v) is 4.16. The first-order valence-electron chi connectivity index (χ1n) is 7.89. The summed E-state index contributed by atoms with van der Waals surface area (Å²) in [7, 11) is 0. The van der Waals surface area contributed by atoms with Crippen LogP contribution in [-0.4, -0.2) is 50.3 Å². The van der Waals surface area contributed by atoms with Crippen molar-refractivity contribution in [2.75, 3.05) is 39.3 Å². The van der Waals surface area contributed by atoms with E-state index in [-0.39, 0.29) is 0 Å². The highest BCUT2D eigenvalue weighted by molar-refractivity contribution is 4.70. The van der Waals surface area contributed by atoms with Crippen LogP contribution in [0.1, 0.15) is 45.4 Å². The van der Waals surface area contributed by atoms with E-state index in [2.05, 4.69) is 17.1 Å². The molecule has 3 nitrogen and oxygen atoms in total. The summed E-state index contributed by atoms with van der Waals surface area (Å²) in [5.41, 5.74) is 0. The first-order chi connectivity index (χ1) is 8.84. The maximum Gasteiger partial charge on any atom is 0.0576 e. The lowest BCUT2D eigenvalue weighted by atomic mass is 10.1. The fraction of sp³-hybridized carbons (Fsp3) is 1.00. The second-order valence-electron chi connectivity index (χ2n) is 6.09. The normalized spacial score (nSPS) is 26.8. The highest BCUT2D eigenvalue weighted by Crippen LogP contribution is 2.16. The summed E-state index contributed by atoms with van der Waals surface area (Å²) in [5.74, 6) is 0.783. The molecule has 0 saturated carbocycles. The first-order valence-corrected chi connectivity index (χ1v) is 7.89. The van der Waals surface area contributed by atoms with Gasteiger partial charge >= 0.3 is 0 Å². The van der Waals surface area contributed by atoms with Gasteiger partial charge in [-0.3, -0.25) is 0 Å². The average Bonchev–Trinajstić information content (AvgIpc) is 3.01. The van der Waals surface area contributed by atoms with Gasteiger partial charge in [0.2, 0.25) is 0 Å². The first kappa shape index (κ1) is 14.3. The second kappa shape index (κ2) is 8.13. The van der Waals surface area contributed by atoms with Gasteiger partial charge in [-0.05, 0) is 70.6 Å². The van der Waals surface area contributed by atoms with Crippen molar-refractivity contribution in [3.8, 4) is 0 Å². The quantitative estimate of drug-likeness (QED) is 0.673. The summed E-state index contributed by atoms with van der Waals surface area (Å²) < 4.78 is 5.63. The summed E-state index contributed by atoms with van der Waals surface area (Å²) in [4.78, 5) is 2.61. The van der Waals surface area contributed by atoms with Crippen LogP contribution in [0.15, 0.2) is 0 Å². The van der Waals surface area contributed by atoms with Gasteiger partial charge in [0.05, 0.1) is 6.10 Å². The van der Waals surface area contributed by atoms with Crippen LogP contribution in [0.5, 0.6) is 0 Å². The van der Waals surface area contributed by atoms with Crippen LogP contribution < -0.4 is 5.32 Å². The summed E-state index contributed by atoms with van der Waals surface area (Å²) in [6, 6.07) is 0. The Morgan fingerprint density at radius 3 is 2.83 bits per heavy atom. The molecule has 2 aliphatic heterocycles. The maximum atomic E-state index is 5.63. The van der Waals surface area contributed by atoms with Crippen molar-refractivity contribution in [2.24, 2.45) is 5.92 Å². The SMILES string of the molecule is CC(CNCCCC1CCCO1)CN1CCCC1. The third kappa shape index (κ3) is 5.25. The minimum absolute atomic E-state index is 0.564. The molecule has 2 rings (SSSR count). The topological polar surface area (TPSA) is 24.5 Å². The molecule has 2 saturated heterocycles. The molecule has 0 aromatic heterocycles. The van der Waals surface area contributed by atoms with Crippen molar-refractivity contribution in [3.05, 3.63) is 0 Å². The average molecular weight is 254 g/mol. The molecule has 0 radical (unpaired) electrons. The molecule has 1 N–H and O–H groups in total. The molecule has 0 spiro atoms. The molecule has 106 valence electrons. The Morgan fingerprint density at radius 1 is 1.28 bits per heavy atom. The number of hydrogen-bond acceptors (Lipinski definition) is 3. The molecule has 2 fully saturated rings. The van der Waals surface area contributed by atoms with E-state index < -0.39 is 0 Å². The highest BCUT2D eigenvalue weighted by Gasteiger charge is 2.15. The predicted molar refractivity (Wildman–Crippen MR) is 75.9 cm³/mol. The summed E-state index contributed by atoms with van der Waals surface area (Å²) in [6.07, 6.45) is 8.43. The number of likely N-dealkylation sites (tertiary alicyclic amines) is 1. The van der Waals surface area contributed by atoms with Crippen LogP contribution in [0, 0.1) is 5.92 Å². The van der Waals surface area contributed by atoms with E-state index in [4.69, 9.17) is 4.74 Å². The lowest BCUT2D eigenvalue weighted by Crippen LogP contribution is -2.32. The Hall–Kier alpha value is -0.120.